The molecule has 0 radical (unpaired) electrons. The topological polar surface area (TPSA) is 70.0 Å². The highest BCUT2D eigenvalue weighted by atomic mass is 32.1. The van der Waals surface area contributed by atoms with E-state index >= 15 is 0 Å². The number of benzene rings is 2. The number of nitrogens with zero attached hydrogens (tertiary/aromatic N) is 3. The van der Waals surface area contributed by atoms with Crippen molar-refractivity contribution < 1.29 is 18.9 Å². The molecule has 2 aliphatic heterocycles. The largest absolute Gasteiger partial charge is 0.497 e. The molecule has 8 nitrogen and oxygen atoms in total. The van der Waals surface area contributed by atoms with Crippen molar-refractivity contribution in [2.45, 2.75) is 25.9 Å². The summed E-state index contributed by atoms with van der Waals surface area (Å²) < 4.78 is 24.7. The Morgan fingerprint density at radius 1 is 0.974 bits per heavy atom. The number of aryl methyl sites for hydroxylation is 1. The standard InChI is InChI=1S/C29H28N4O4S/c1-17-13-21(18(2)32(17)19-8-10-25-26(14-19)37-16-36-25)28-27(22-7-5-6-12-30-22)31-29(38)33(28)23-15-20(34-3)9-11-24(23)35-4/h5-15,27-28H,16H2,1-4H3,(H,31,38)/t27-,28+/m0/s1. The molecule has 1 saturated heterocycles. The average molecular weight is 529 g/mol. The van der Waals surface area contributed by atoms with E-state index in [0.717, 1.165) is 51.3 Å². The number of anilines is 1. The first-order chi connectivity index (χ1) is 18.5. The fraction of sp³-hybridized carbons (Fsp3) is 0.241. The van der Waals surface area contributed by atoms with E-state index < -0.39 is 0 Å². The van der Waals surface area contributed by atoms with Crippen LogP contribution in [0.1, 0.15) is 34.7 Å². The number of ether oxygens (including phenoxy) is 4. The summed E-state index contributed by atoms with van der Waals surface area (Å²) in [4.78, 5) is 6.80. The van der Waals surface area contributed by atoms with Gasteiger partial charge in [-0.25, -0.2) is 0 Å². The molecule has 1 fully saturated rings. The summed E-state index contributed by atoms with van der Waals surface area (Å²) in [6.45, 7) is 4.47. The molecule has 4 aromatic rings. The third-order valence-corrected chi connectivity index (χ3v) is 7.46. The number of rotatable bonds is 6. The van der Waals surface area contributed by atoms with E-state index in [9.17, 15) is 0 Å². The van der Waals surface area contributed by atoms with Gasteiger partial charge in [0, 0.05) is 35.4 Å². The number of hydrogen-bond acceptors (Lipinski definition) is 6. The molecule has 2 aliphatic rings. The third kappa shape index (κ3) is 3.90. The van der Waals surface area contributed by atoms with Crippen LogP contribution in [0, 0.1) is 13.8 Å². The smallest absolute Gasteiger partial charge is 0.231 e. The molecule has 0 spiro atoms. The zero-order chi connectivity index (χ0) is 26.4. The zero-order valence-corrected chi connectivity index (χ0v) is 22.4. The van der Waals surface area contributed by atoms with E-state index in [-0.39, 0.29) is 18.9 Å². The molecule has 0 bridgehead atoms. The molecule has 0 unspecified atom stereocenters. The predicted molar refractivity (Wildman–Crippen MR) is 149 cm³/mol. The lowest BCUT2D eigenvalue weighted by molar-refractivity contribution is 0.174. The van der Waals surface area contributed by atoms with Crippen LogP contribution in [0.25, 0.3) is 5.69 Å². The minimum Gasteiger partial charge on any atom is -0.497 e. The first kappa shape index (κ1) is 24.1. The SMILES string of the molecule is COc1ccc(OC)c(N2C(=S)N[C@@H](c3ccccn3)[C@H]2c2cc(C)n(-c3ccc4c(c3)OCO4)c2C)c1. The van der Waals surface area contributed by atoms with Gasteiger partial charge in [-0.2, -0.15) is 0 Å². The van der Waals surface area contributed by atoms with E-state index in [1.54, 1.807) is 14.2 Å². The van der Waals surface area contributed by atoms with Crippen molar-refractivity contribution in [3.8, 4) is 28.7 Å². The quantitative estimate of drug-likeness (QED) is 0.333. The zero-order valence-electron chi connectivity index (χ0n) is 21.6. The summed E-state index contributed by atoms with van der Waals surface area (Å²) >= 11 is 5.95. The number of thiocarbonyl (C=S) groups is 1. The van der Waals surface area contributed by atoms with Gasteiger partial charge < -0.3 is 33.7 Å². The summed E-state index contributed by atoms with van der Waals surface area (Å²) in [5, 5.41) is 4.13. The van der Waals surface area contributed by atoms with Gasteiger partial charge in [-0.1, -0.05) is 6.07 Å². The fourth-order valence-electron chi connectivity index (χ4n) is 5.42. The van der Waals surface area contributed by atoms with Crippen molar-refractivity contribution in [1.29, 1.82) is 0 Å². The molecular weight excluding hydrogens is 500 g/mol. The maximum Gasteiger partial charge on any atom is 0.231 e. The number of pyridine rings is 1. The van der Waals surface area contributed by atoms with Crippen LogP contribution in [0.3, 0.4) is 0 Å². The lowest BCUT2D eigenvalue weighted by atomic mass is 9.96. The Balaban J connectivity index is 1.53. The average Bonchev–Trinajstić information content (AvgIpc) is 3.63. The highest BCUT2D eigenvalue weighted by Crippen LogP contribution is 2.47. The van der Waals surface area contributed by atoms with Crippen LogP contribution in [0.4, 0.5) is 5.69 Å². The molecule has 0 saturated carbocycles. The molecule has 2 atom stereocenters. The van der Waals surface area contributed by atoms with Crippen LogP contribution in [0.5, 0.6) is 23.0 Å². The minimum atomic E-state index is -0.202. The van der Waals surface area contributed by atoms with Crippen molar-refractivity contribution in [1.82, 2.24) is 14.9 Å². The van der Waals surface area contributed by atoms with E-state index in [1.807, 2.05) is 60.8 Å². The minimum absolute atomic E-state index is 0.190. The van der Waals surface area contributed by atoms with E-state index in [2.05, 4.69) is 39.7 Å². The summed E-state index contributed by atoms with van der Waals surface area (Å²) in [7, 11) is 3.31. The lowest BCUT2D eigenvalue weighted by Crippen LogP contribution is -2.30. The third-order valence-electron chi connectivity index (χ3n) is 7.15. The van der Waals surface area contributed by atoms with E-state index in [0.29, 0.717) is 10.9 Å². The maximum atomic E-state index is 5.95. The molecule has 194 valence electrons. The summed E-state index contributed by atoms with van der Waals surface area (Å²) in [5.74, 6) is 2.92. The van der Waals surface area contributed by atoms with Gasteiger partial charge in [0.2, 0.25) is 6.79 Å². The maximum absolute atomic E-state index is 5.95. The van der Waals surface area contributed by atoms with Gasteiger partial charge in [-0.05, 0) is 74.1 Å². The van der Waals surface area contributed by atoms with Crippen LogP contribution in [0.2, 0.25) is 0 Å². The normalized spacial score (nSPS) is 18.0. The van der Waals surface area contributed by atoms with Gasteiger partial charge in [0.25, 0.3) is 0 Å². The van der Waals surface area contributed by atoms with Crippen LogP contribution >= 0.6 is 12.2 Å². The lowest BCUT2D eigenvalue weighted by Gasteiger charge is -2.29. The van der Waals surface area contributed by atoms with Crippen LogP contribution in [-0.2, 0) is 0 Å². The van der Waals surface area contributed by atoms with Gasteiger partial charge in [-0.3, -0.25) is 4.98 Å². The monoisotopic (exact) mass is 528 g/mol. The van der Waals surface area contributed by atoms with Crippen LogP contribution in [0.15, 0.2) is 66.9 Å². The molecule has 2 aromatic carbocycles. The Morgan fingerprint density at radius 2 is 1.82 bits per heavy atom. The summed E-state index contributed by atoms with van der Waals surface area (Å²) in [5.41, 5.74) is 6.02. The number of nitrogens with one attached hydrogen (secondary N) is 1. The van der Waals surface area contributed by atoms with E-state index in [1.165, 1.54) is 0 Å². The van der Waals surface area contributed by atoms with E-state index in [4.69, 9.17) is 31.2 Å². The van der Waals surface area contributed by atoms with Crippen LogP contribution in [-0.4, -0.2) is 35.7 Å². The Morgan fingerprint density at radius 3 is 2.58 bits per heavy atom. The molecular formula is C29H28N4O4S. The molecule has 1 N–H and O–H groups in total. The molecule has 9 heteroatoms. The Kier molecular flexibility index (Phi) is 6.07. The van der Waals surface area contributed by atoms with Crippen molar-refractivity contribution in [3.63, 3.8) is 0 Å². The van der Waals surface area contributed by atoms with Gasteiger partial charge in [0.1, 0.15) is 11.5 Å². The fourth-order valence-corrected chi connectivity index (χ4v) is 5.76. The number of hydrogen-bond donors (Lipinski definition) is 1. The van der Waals surface area contributed by atoms with Crippen LogP contribution < -0.4 is 29.2 Å². The number of methoxy groups -OCH3 is 2. The Hall–Kier alpha value is -4.24. The van der Waals surface area contributed by atoms with Crippen molar-refractivity contribution in [2.75, 3.05) is 25.9 Å². The van der Waals surface area contributed by atoms with Gasteiger partial charge in [-0.15, -0.1) is 0 Å². The second kappa shape index (κ2) is 9.57. The van der Waals surface area contributed by atoms with Crippen molar-refractivity contribution in [2.24, 2.45) is 0 Å². The molecule has 38 heavy (non-hydrogen) atoms. The number of fused-ring (bicyclic) bond motifs is 1. The second-order valence-electron chi connectivity index (χ2n) is 9.23. The Labute approximate surface area is 226 Å². The van der Waals surface area contributed by atoms with Crippen molar-refractivity contribution in [3.05, 3.63) is 89.5 Å². The molecule has 6 rings (SSSR count). The first-order valence-corrected chi connectivity index (χ1v) is 12.7. The predicted octanol–water partition coefficient (Wildman–Crippen LogP) is 5.41. The molecule has 4 heterocycles. The van der Waals surface area contributed by atoms with Gasteiger partial charge in [0.15, 0.2) is 16.6 Å². The first-order valence-electron chi connectivity index (χ1n) is 12.3. The molecule has 2 aromatic heterocycles. The van der Waals surface area contributed by atoms with Gasteiger partial charge in [0.05, 0.1) is 37.7 Å². The highest BCUT2D eigenvalue weighted by Gasteiger charge is 2.43. The van der Waals surface area contributed by atoms with Crippen molar-refractivity contribution >= 4 is 23.0 Å². The summed E-state index contributed by atoms with van der Waals surface area (Å²) in [6, 6.07) is 19.5. The molecule has 0 amide bonds. The van der Waals surface area contributed by atoms with Gasteiger partial charge >= 0.3 is 0 Å². The second-order valence-corrected chi connectivity index (χ2v) is 9.62. The highest BCUT2D eigenvalue weighted by molar-refractivity contribution is 7.80. The Bertz CT molecular complexity index is 1520. The molecule has 0 aliphatic carbocycles. The summed E-state index contributed by atoms with van der Waals surface area (Å²) in [6.07, 6.45) is 1.81. The number of aromatic nitrogens is 2.